The van der Waals surface area contributed by atoms with E-state index in [-0.39, 0.29) is 19.1 Å². The Morgan fingerprint density at radius 1 is 1.04 bits per heavy atom. The number of carbonyl (C=O) groups excluding carboxylic acids is 1. The quantitative estimate of drug-likeness (QED) is 0.630. The first-order valence-corrected chi connectivity index (χ1v) is 9.57. The molecule has 1 heterocycles. The van der Waals surface area contributed by atoms with Gasteiger partial charge in [0.05, 0.1) is 11.0 Å². The summed E-state index contributed by atoms with van der Waals surface area (Å²) in [6, 6.07) is 16.5. The highest BCUT2D eigenvalue weighted by Crippen LogP contribution is 2.44. The Kier molecular flexibility index (Phi) is 5.36. The van der Waals surface area contributed by atoms with Gasteiger partial charge in [-0.2, -0.15) is 0 Å². The number of nitrogens with one attached hydrogen (secondary N) is 1. The molecule has 0 fully saturated rings. The molecule has 1 aliphatic carbocycles. The molecule has 28 heavy (non-hydrogen) atoms. The van der Waals surface area contributed by atoms with Crippen LogP contribution in [0.2, 0.25) is 0 Å². The second-order valence-corrected chi connectivity index (χ2v) is 7.12. The number of ether oxygens (including phenoxy) is 1. The maximum Gasteiger partial charge on any atom is 0.407 e. The van der Waals surface area contributed by atoms with Crippen molar-refractivity contribution in [3.63, 3.8) is 0 Å². The Bertz CT molecular complexity index is 1030. The van der Waals surface area contributed by atoms with E-state index in [1.54, 1.807) is 12.4 Å². The topological polar surface area (TPSA) is 64.1 Å². The number of rotatable bonds is 3. The molecule has 138 valence electrons. The molecule has 3 aromatic rings. The van der Waals surface area contributed by atoms with Gasteiger partial charge in [0.25, 0.3) is 0 Å². The van der Waals surface area contributed by atoms with E-state index in [1.807, 2.05) is 24.3 Å². The minimum absolute atomic E-state index is 0.0420. The average Bonchev–Trinajstić information content (AvgIpc) is 3.05. The van der Waals surface area contributed by atoms with E-state index in [0.717, 1.165) is 4.47 Å². The number of hydrogen-bond donors (Lipinski definition) is 1. The van der Waals surface area contributed by atoms with Crippen molar-refractivity contribution in [1.29, 1.82) is 0 Å². The zero-order valence-electron chi connectivity index (χ0n) is 14.9. The van der Waals surface area contributed by atoms with E-state index in [9.17, 15) is 4.79 Å². The lowest BCUT2D eigenvalue weighted by atomic mass is 9.98. The molecule has 0 aliphatic heterocycles. The lowest BCUT2D eigenvalue weighted by Gasteiger charge is -2.14. The molecule has 0 saturated heterocycles. The highest BCUT2D eigenvalue weighted by molar-refractivity contribution is 9.10. The van der Waals surface area contributed by atoms with Gasteiger partial charge in [0.1, 0.15) is 6.61 Å². The summed E-state index contributed by atoms with van der Waals surface area (Å²) in [6.45, 7) is 0.444. The van der Waals surface area contributed by atoms with E-state index >= 15 is 0 Å². The molecule has 4 rings (SSSR count). The van der Waals surface area contributed by atoms with Gasteiger partial charge < -0.3 is 10.1 Å². The van der Waals surface area contributed by atoms with Crippen LogP contribution in [0.25, 0.3) is 11.1 Å². The number of nitrogens with zero attached hydrogens (tertiary/aromatic N) is 2. The molecule has 5 nitrogen and oxygen atoms in total. The van der Waals surface area contributed by atoms with Gasteiger partial charge in [0, 0.05) is 18.3 Å². The first-order valence-electron chi connectivity index (χ1n) is 8.77. The number of halogens is 1. The summed E-state index contributed by atoms with van der Waals surface area (Å²) in [7, 11) is 0. The summed E-state index contributed by atoms with van der Waals surface area (Å²) in [5.74, 6) is 6.04. The van der Waals surface area contributed by atoms with Crippen LogP contribution in [-0.2, 0) is 4.74 Å². The van der Waals surface area contributed by atoms with Gasteiger partial charge in [-0.15, -0.1) is 0 Å². The second-order valence-electron chi connectivity index (χ2n) is 6.21. The molecule has 1 N–H and O–H groups in total. The Morgan fingerprint density at radius 2 is 1.64 bits per heavy atom. The number of aromatic nitrogens is 2. The fourth-order valence-electron chi connectivity index (χ4n) is 3.27. The molecule has 0 unspecified atom stereocenters. The van der Waals surface area contributed by atoms with Crippen LogP contribution in [0.5, 0.6) is 0 Å². The van der Waals surface area contributed by atoms with E-state index in [4.69, 9.17) is 4.74 Å². The van der Waals surface area contributed by atoms with Crippen LogP contribution < -0.4 is 5.32 Å². The van der Waals surface area contributed by atoms with E-state index in [2.05, 4.69) is 67.3 Å². The molecule has 0 bridgehead atoms. The number of fused-ring (bicyclic) bond motifs is 3. The monoisotopic (exact) mass is 433 g/mol. The predicted molar refractivity (Wildman–Crippen MR) is 110 cm³/mol. The van der Waals surface area contributed by atoms with E-state index < -0.39 is 6.09 Å². The summed E-state index contributed by atoms with van der Waals surface area (Å²) in [5.41, 5.74) is 4.77. The van der Waals surface area contributed by atoms with Crippen molar-refractivity contribution in [1.82, 2.24) is 15.3 Å². The number of benzene rings is 2. The number of carbonyl (C=O) groups is 1. The van der Waals surface area contributed by atoms with Gasteiger partial charge in [0.2, 0.25) is 5.82 Å². The molecule has 2 aromatic carbocycles. The van der Waals surface area contributed by atoms with Crippen molar-refractivity contribution in [2.45, 2.75) is 5.92 Å². The van der Waals surface area contributed by atoms with Gasteiger partial charge in [-0.3, -0.25) is 0 Å². The minimum atomic E-state index is -0.493. The Labute approximate surface area is 171 Å². The maximum absolute atomic E-state index is 12.0. The predicted octanol–water partition coefficient (Wildman–Crippen LogP) is 4.13. The summed E-state index contributed by atoms with van der Waals surface area (Å²) in [6.07, 6.45) is 2.75. The number of amides is 1. The van der Waals surface area contributed by atoms with E-state index in [0.29, 0.717) is 5.82 Å². The fraction of sp³-hybridized carbons (Fsp3) is 0.136. The second kappa shape index (κ2) is 8.24. The fourth-order valence-corrected chi connectivity index (χ4v) is 3.47. The third kappa shape index (κ3) is 3.90. The standard InChI is InChI=1S/C22H16BrN3O2/c23-15-12-25-21(26-13-15)10-5-11-24-22(27)28-14-20-18-8-3-1-6-16(18)17-7-2-4-9-19(17)20/h1-4,6-9,12-13,20H,11,14H2,(H,24,27). The van der Waals surface area contributed by atoms with Gasteiger partial charge in [-0.1, -0.05) is 54.5 Å². The largest absolute Gasteiger partial charge is 0.449 e. The van der Waals surface area contributed by atoms with Gasteiger partial charge in [0.15, 0.2) is 0 Å². The van der Waals surface area contributed by atoms with E-state index in [1.165, 1.54) is 22.3 Å². The van der Waals surface area contributed by atoms with Gasteiger partial charge in [-0.05, 0) is 44.1 Å². The number of alkyl carbamates (subject to hydrolysis) is 1. The summed E-state index contributed by atoms with van der Waals surface area (Å²) in [4.78, 5) is 20.1. The summed E-state index contributed by atoms with van der Waals surface area (Å²) >= 11 is 3.27. The smallest absolute Gasteiger partial charge is 0.407 e. The van der Waals surface area contributed by atoms with Gasteiger partial charge >= 0.3 is 6.09 Å². The highest BCUT2D eigenvalue weighted by Gasteiger charge is 2.28. The average molecular weight is 434 g/mol. The third-order valence-electron chi connectivity index (χ3n) is 4.49. The van der Waals surface area contributed by atoms with Crippen molar-refractivity contribution in [2.75, 3.05) is 13.2 Å². The molecule has 1 aliphatic rings. The van der Waals surface area contributed by atoms with Crippen molar-refractivity contribution in [2.24, 2.45) is 0 Å². The minimum Gasteiger partial charge on any atom is -0.449 e. The molecular formula is C22H16BrN3O2. The Balaban J connectivity index is 1.35. The molecule has 0 atom stereocenters. The highest BCUT2D eigenvalue weighted by atomic mass is 79.9. The van der Waals surface area contributed by atoms with Crippen LogP contribution in [0.1, 0.15) is 22.9 Å². The van der Waals surface area contributed by atoms with Crippen LogP contribution in [0.4, 0.5) is 4.79 Å². The first-order chi connectivity index (χ1) is 13.7. The SMILES string of the molecule is O=C(NCC#Cc1ncc(Br)cn1)OCC1c2ccccc2-c2ccccc21. The molecule has 6 heteroatoms. The zero-order chi connectivity index (χ0) is 19.3. The summed E-state index contributed by atoms with van der Waals surface area (Å²) < 4.78 is 6.24. The lowest BCUT2D eigenvalue weighted by molar-refractivity contribution is 0.144. The van der Waals surface area contributed by atoms with Crippen LogP contribution in [0, 0.1) is 11.8 Å². The summed E-state index contributed by atoms with van der Waals surface area (Å²) in [5, 5.41) is 2.64. The first kappa shape index (κ1) is 18.2. The van der Waals surface area contributed by atoms with Gasteiger partial charge in [-0.25, -0.2) is 14.8 Å². The molecular weight excluding hydrogens is 418 g/mol. The third-order valence-corrected chi connectivity index (χ3v) is 4.89. The molecule has 0 spiro atoms. The van der Waals surface area contributed by atoms with Crippen LogP contribution in [0.15, 0.2) is 65.4 Å². The maximum atomic E-state index is 12.0. The van der Waals surface area contributed by atoms with Crippen LogP contribution >= 0.6 is 15.9 Å². The number of hydrogen-bond acceptors (Lipinski definition) is 4. The molecule has 1 amide bonds. The Hall–Kier alpha value is -3.17. The van der Waals surface area contributed by atoms with Crippen molar-refractivity contribution < 1.29 is 9.53 Å². The zero-order valence-corrected chi connectivity index (χ0v) is 16.4. The molecule has 1 aromatic heterocycles. The Morgan fingerprint density at radius 3 is 2.29 bits per heavy atom. The molecule has 0 radical (unpaired) electrons. The normalized spacial score (nSPS) is 11.8. The van der Waals surface area contributed by atoms with Crippen LogP contribution in [-0.4, -0.2) is 29.2 Å². The lowest BCUT2D eigenvalue weighted by Crippen LogP contribution is -2.26. The van der Waals surface area contributed by atoms with Crippen LogP contribution in [0.3, 0.4) is 0 Å². The van der Waals surface area contributed by atoms with Crippen molar-refractivity contribution in [3.05, 3.63) is 82.3 Å². The van der Waals surface area contributed by atoms with Crippen molar-refractivity contribution in [3.8, 4) is 23.0 Å². The molecule has 0 saturated carbocycles. The van der Waals surface area contributed by atoms with Crippen molar-refractivity contribution >= 4 is 22.0 Å².